The Bertz CT molecular complexity index is 942. The summed E-state index contributed by atoms with van der Waals surface area (Å²) in [6.07, 6.45) is 3.59. The van der Waals surface area contributed by atoms with Gasteiger partial charge in [0.25, 0.3) is 0 Å². The van der Waals surface area contributed by atoms with Gasteiger partial charge in [-0.05, 0) is 28.6 Å². The Kier molecular flexibility index (Phi) is 4.55. The van der Waals surface area contributed by atoms with Crippen LogP contribution in [0, 0.1) is 0 Å². The third-order valence-corrected chi connectivity index (χ3v) is 5.96. The zero-order valence-corrected chi connectivity index (χ0v) is 15.7. The Morgan fingerprint density at radius 3 is 2.65 bits per heavy atom. The first kappa shape index (κ1) is 16.9. The smallest absolute Gasteiger partial charge is 0.234 e. The van der Waals surface area contributed by atoms with Crippen molar-refractivity contribution in [1.29, 1.82) is 0 Å². The average molecular weight is 363 g/mol. The second kappa shape index (κ2) is 7.00. The van der Waals surface area contributed by atoms with Gasteiger partial charge in [0.15, 0.2) is 0 Å². The molecule has 132 valence electrons. The number of fused-ring (bicyclic) bond motifs is 1. The zero-order valence-electron chi connectivity index (χ0n) is 14.9. The van der Waals surface area contributed by atoms with Gasteiger partial charge in [-0.15, -0.1) is 11.8 Å². The Balaban J connectivity index is 1.76. The lowest BCUT2D eigenvalue weighted by atomic mass is 10.0. The van der Waals surface area contributed by atoms with Crippen molar-refractivity contribution in [3.8, 4) is 0 Å². The number of amides is 1. The van der Waals surface area contributed by atoms with Crippen LogP contribution in [0.2, 0.25) is 0 Å². The molecule has 1 atom stereocenters. The van der Waals surface area contributed by atoms with Gasteiger partial charge in [0.2, 0.25) is 5.91 Å². The van der Waals surface area contributed by atoms with Crippen LogP contribution in [-0.2, 0) is 11.3 Å². The molecule has 1 amide bonds. The lowest BCUT2D eigenvalue weighted by Crippen LogP contribution is -2.27. The normalized spacial score (nSPS) is 17.1. The fourth-order valence-electron chi connectivity index (χ4n) is 3.48. The molecule has 0 aliphatic carbocycles. The highest BCUT2D eigenvalue weighted by atomic mass is 32.2. The number of benzene rings is 2. The van der Waals surface area contributed by atoms with E-state index in [0.29, 0.717) is 12.3 Å². The number of rotatable bonds is 4. The van der Waals surface area contributed by atoms with Crippen molar-refractivity contribution >= 4 is 34.1 Å². The molecule has 0 bridgehead atoms. The van der Waals surface area contributed by atoms with E-state index < -0.39 is 0 Å². The van der Waals surface area contributed by atoms with Crippen LogP contribution in [0.4, 0.5) is 5.69 Å². The summed E-state index contributed by atoms with van der Waals surface area (Å²) in [4.78, 5) is 20.8. The van der Waals surface area contributed by atoms with Crippen LogP contribution in [-0.4, -0.2) is 35.6 Å². The molecule has 1 unspecified atom stereocenters. The number of hydrogen-bond acceptors (Lipinski definition) is 4. The maximum atomic E-state index is 12.6. The standard InChI is InChI=1S/C21H21N3OS/c1-23(2)19-10-9-18(16-7-3-4-8-17(16)19)21-24(20(25)14-26-21)13-15-6-5-11-22-12-15/h3-12,21H,13-14H2,1-2H3. The van der Waals surface area contributed by atoms with E-state index in [9.17, 15) is 4.79 Å². The zero-order chi connectivity index (χ0) is 18.1. The van der Waals surface area contributed by atoms with Crippen LogP contribution in [0.1, 0.15) is 16.5 Å². The molecule has 1 aliphatic rings. The fourth-order valence-corrected chi connectivity index (χ4v) is 4.71. The van der Waals surface area contributed by atoms with Crippen molar-refractivity contribution in [3.05, 3.63) is 72.1 Å². The second-order valence-electron chi connectivity index (χ2n) is 6.66. The highest BCUT2D eigenvalue weighted by Gasteiger charge is 2.34. The minimum atomic E-state index is 0.0313. The molecule has 1 fully saturated rings. The van der Waals surface area contributed by atoms with E-state index in [1.54, 1.807) is 18.0 Å². The summed E-state index contributed by atoms with van der Waals surface area (Å²) in [5, 5.41) is 2.46. The molecule has 1 aliphatic heterocycles. The summed E-state index contributed by atoms with van der Waals surface area (Å²) in [7, 11) is 4.12. The number of carbonyl (C=O) groups is 1. The first-order valence-electron chi connectivity index (χ1n) is 8.64. The fraction of sp³-hybridized carbons (Fsp3) is 0.238. The van der Waals surface area contributed by atoms with Gasteiger partial charge in [-0.1, -0.05) is 36.4 Å². The average Bonchev–Trinajstić information content (AvgIpc) is 3.02. The molecule has 0 N–H and O–H groups in total. The molecule has 0 radical (unpaired) electrons. The van der Waals surface area contributed by atoms with Crippen molar-refractivity contribution in [3.63, 3.8) is 0 Å². The summed E-state index contributed by atoms with van der Waals surface area (Å²) in [6.45, 7) is 0.591. The molecule has 5 heteroatoms. The summed E-state index contributed by atoms with van der Waals surface area (Å²) in [5.41, 5.74) is 3.45. The highest BCUT2D eigenvalue weighted by molar-refractivity contribution is 8.00. The molecule has 0 saturated carbocycles. The molecule has 2 heterocycles. The lowest BCUT2D eigenvalue weighted by molar-refractivity contribution is -0.128. The van der Waals surface area contributed by atoms with Crippen LogP contribution < -0.4 is 4.90 Å². The van der Waals surface area contributed by atoms with Gasteiger partial charge in [0, 0.05) is 44.1 Å². The van der Waals surface area contributed by atoms with Crippen LogP contribution >= 0.6 is 11.8 Å². The summed E-state index contributed by atoms with van der Waals surface area (Å²) < 4.78 is 0. The molecule has 1 aromatic heterocycles. The molecule has 2 aromatic carbocycles. The van der Waals surface area contributed by atoms with E-state index in [1.807, 2.05) is 23.2 Å². The van der Waals surface area contributed by atoms with Gasteiger partial charge in [0.1, 0.15) is 5.37 Å². The van der Waals surface area contributed by atoms with Crippen LogP contribution in [0.3, 0.4) is 0 Å². The number of carbonyl (C=O) groups excluding carboxylic acids is 1. The minimum Gasteiger partial charge on any atom is -0.377 e. The number of anilines is 1. The van der Waals surface area contributed by atoms with E-state index in [-0.39, 0.29) is 11.3 Å². The van der Waals surface area contributed by atoms with E-state index in [0.717, 1.165) is 5.56 Å². The molecule has 1 saturated heterocycles. The maximum absolute atomic E-state index is 12.6. The van der Waals surface area contributed by atoms with Crippen molar-refractivity contribution in [2.24, 2.45) is 0 Å². The maximum Gasteiger partial charge on any atom is 0.234 e. The SMILES string of the molecule is CN(C)c1ccc(C2SCC(=O)N2Cc2cccnc2)c2ccccc12. The summed E-state index contributed by atoms with van der Waals surface area (Å²) >= 11 is 1.70. The minimum absolute atomic E-state index is 0.0313. The Hall–Kier alpha value is -2.53. The molecule has 0 spiro atoms. The molecule has 26 heavy (non-hydrogen) atoms. The Labute approximate surface area is 157 Å². The number of thioether (sulfide) groups is 1. The van der Waals surface area contributed by atoms with E-state index >= 15 is 0 Å². The monoisotopic (exact) mass is 363 g/mol. The molecule has 3 aromatic rings. The van der Waals surface area contributed by atoms with E-state index in [1.165, 1.54) is 22.0 Å². The van der Waals surface area contributed by atoms with Gasteiger partial charge in [0.05, 0.1) is 5.75 Å². The number of nitrogens with zero attached hydrogens (tertiary/aromatic N) is 3. The van der Waals surface area contributed by atoms with Gasteiger partial charge < -0.3 is 9.80 Å². The third kappa shape index (κ3) is 3.03. The molecular formula is C21H21N3OS. The van der Waals surface area contributed by atoms with Crippen LogP contribution in [0.5, 0.6) is 0 Å². The van der Waals surface area contributed by atoms with E-state index in [4.69, 9.17) is 0 Å². The van der Waals surface area contributed by atoms with Crippen molar-refractivity contribution in [2.75, 3.05) is 24.7 Å². The Morgan fingerprint density at radius 2 is 1.92 bits per heavy atom. The number of pyridine rings is 1. The largest absolute Gasteiger partial charge is 0.377 e. The quantitative estimate of drug-likeness (QED) is 0.700. The van der Waals surface area contributed by atoms with Gasteiger partial charge in [-0.25, -0.2) is 0 Å². The summed E-state index contributed by atoms with van der Waals surface area (Å²) in [5.74, 6) is 0.707. The van der Waals surface area contributed by atoms with E-state index in [2.05, 4.69) is 60.4 Å². The van der Waals surface area contributed by atoms with Crippen LogP contribution in [0.25, 0.3) is 10.8 Å². The first-order valence-corrected chi connectivity index (χ1v) is 9.69. The van der Waals surface area contributed by atoms with Gasteiger partial charge in [-0.3, -0.25) is 9.78 Å². The summed E-state index contributed by atoms with van der Waals surface area (Å²) in [6, 6.07) is 16.7. The number of hydrogen-bond donors (Lipinski definition) is 0. The number of aromatic nitrogens is 1. The van der Waals surface area contributed by atoms with Crippen molar-refractivity contribution < 1.29 is 4.79 Å². The predicted octanol–water partition coefficient (Wildman–Crippen LogP) is 4.08. The van der Waals surface area contributed by atoms with Crippen molar-refractivity contribution in [1.82, 2.24) is 9.88 Å². The van der Waals surface area contributed by atoms with Crippen LogP contribution in [0.15, 0.2) is 60.9 Å². The second-order valence-corrected chi connectivity index (χ2v) is 7.73. The third-order valence-electron chi connectivity index (χ3n) is 4.73. The Morgan fingerprint density at radius 1 is 1.12 bits per heavy atom. The topological polar surface area (TPSA) is 36.4 Å². The van der Waals surface area contributed by atoms with Gasteiger partial charge in [-0.2, -0.15) is 0 Å². The predicted molar refractivity (Wildman–Crippen MR) is 108 cm³/mol. The molecule has 4 rings (SSSR count). The lowest BCUT2D eigenvalue weighted by Gasteiger charge is -2.26. The molecular weight excluding hydrogens is 342 g/mol. The first-order chi connectivity index (χ1) is 12.6. The van der Waals surface area contributed by atoms with Crippen molar-refractivity contribution in [2.45, 2.75) is 11.9 Å². The highest BCUT2D eigenvalue weighted by Crippen LogP contribution is 2.43. The molecule has 4 nitrogen and oxygen atoms in total. The van der Waals surface area contributed by atoms with Gasteiger partial charge >= 0.3 is 0 Å².